The van der Waals surface area contributed by atoms with Gasteiger partial charge in [-0.1, -0.05) is 26.0 Å². The summed E-state index contributed by atoms with van der Waals surface area (Å²) in [5.74, 6) is -0.363. The molecule has 2 aromatic carbocycles. The number of benzene rings is 2. The summed E-state index contributed by atoms with van der Waals surface area (Å²) in [5.41, 5.74) is 0.0754. The summed E-state index contributed by atoms with van der Waals surface area (Å²) in [4.78, 5) is 9.94. The van der Waals surface area contributed by atoms with E-state index in [9.17, 15) is 22.9 Å². The van der Waals surface area contributed by atoms with Crippen molar-refractivity contribution in [1.29, 1.82) is 0 Å². The van der Waals surface area contributed by atoms with Gasteiger partial charge in [0.15, 0.2) is 0 Å². The van der Waals surface area contributed by atoms with Crippen molar-refractivity contribution in [3.05, 3.63) is 64.0 Å². The summed E-state index contributed by atoms with van der Waals surface area (Å²) in [6.45, 7) is 4.03. The van der Waals surface area contributed by atoms with Crippen LogP contribution in [-0.4, -0.2) is 19.9 Å². The van der Waals surface area contributed by atoms with E-state index in [0.29, 0.717) is 6.54 Å². The van der Waals surface area contributed by atoms with Crippen LogP contribution in [0.15, 0.2) is 47.4 Å². The van der Waals surface area contributed by atoms with E-state index in [1.165, 1.54) is 24.3 Å². The van der Waals surface area contributed by atoms with Crippen LogP contribution in [0.25, 0.3) is 0 Å². The lowest BCUT2D eigenvalue weighted by atomic mass is 9.84. The number of nitro benzene ring substituents is 1. The predicted molar refractivity (Wildman–Crippen MR) is 92.4 cm³/mol. The molecule has 0 unspecified atom stereocenters. The van der Waals surface area contributed by atoms with Gasteiger partial charge in [-0.3, -0.25) is 10.1 Å². The molecule has 0 bridgehead atoms. The molecule has 0 spiro atoms. The van der Waals surface area contributed by atoms with Crippen LogP contribution >= 0.6 is 0 Å². The number of nitro groups is 1. The number of halogens is 1. The standard InChI is InChI=1S/C16H18FN3O4S/c1-16(2,11-4-3-5-12(17)6-11)10-19-13-7-14(20(21)22)9-15(8-13)25(18,23)24/h3-9,19H,10H2,1-2H3,(H2,18,23,24). The van der Waals surface area contributed by atoms with E-state index in [0.717, 1.165) is 11.6 Å². The van der Waals surface area contributed by atoms with Gasteiger partial charge in [0.05, 0.1) is 9.82 Å². The van der Waals surface area contributed by atoms with Gasteiger partial charge < -0.3 is 5.32 Å². The zero-order valence-electron chi connectivity index (χ0n) is 13.7. The molecule has 0 aliphatic carbocycles. The molecule has 134 valence electrons. The highest BCUT2D eigenvalue weighted by Gasteiger charge is 2.22. The largest absolute Gasteiger partial charge is 0.384 e. The summed E-state index contributed by atoms with van der Waals surface area (Å²) in [6.07, 6.45) is 0. The third-order valence-electron chi connectivity index (χ3n) is 3.77. The fourth-order valence-electron chi connectivity index (χ4n) is 2.29. The number of primary sulfonamides is 1. The van der Waals surface area contributed by atoms with E-state index < -0.39 is 26.0 Å². The Morgan fingerprint density at radius 3 is 2.48 bits per heavy atom. The van der Waals surface area contributed by atoms with Crippen LogP contribution in [0.2, 0.25) is 0 Å². The van der Waals surface area contributed by atoms with Crippen LogP contribution in [0.4, 0.5) is 15.8 Å². The number of nitrogens with zero attached hydrogens (tertiary/aromatic N) is 1. The summed E-state index contributed by atoms with van der Waals surface area (Å²) >= 11 is 0. The maximum atomic E-state index is 13.4. The lowest BCUT2D eigenvalue weighted by Crippen LogP contribution is -2.27. The highest BCUT2D eigenvalue weighted by molar-refractivity contribution is 7.89. The lowest BCUT2D eigenvalue weighted by molar-refractivity contribution is -0.385. The maximum absolute atomic E-state index is 13.4. The van der Waals surface area contributed by atoms with E-state index in [1.807, 2.05) is 13.8 Å². The zero-order valence-corrected chi connectivity index (χ0v) is 14.5. The van der Waals surface area contributed by atoms with E-state index in [1.54, 1.807) is 12.1 Å². The molecular formula is C16H18FN3O4S. The van der Waals surface area contributed by atoms with E-state index in [-0.39, 0.29) is 16.4 Å². The van der Waals surface area contributed by atoms with Gasteiger partial charge in [-0.2, -0.15) is 0 Å². The van der Waals surface area contributed by atoms with Crippen molar-refractivity contribution in [2.24, 2.45) is 5.14 Å². The van der Waals surface area contributed by atoms with Gasteiger partial charge in [-0.15, -0.1) is 0 Å². The van der Waals surface area contributed by atoms with Crippen LogP contribution < -0.4 is 10.5 Å². The molecule has 25 heavy (non-hydrogen) atoms. The second-order valence-electron chi connectivity index (χ2n) is 6.27. The average Bonchev–Trinajstić information content (AvgIpc) is 2.52. The molecule has 0 aliphatic rings. The van der Waals surface area contributed by atoms with Crippen molar-refractivity contribution in [3.63, 3.8) is 0 Å². The molecule has 0 atom stereocenters. The monoisotopic (exact) mass is 367 g/mol. The zero-order chi connectivity index (χ0) is 18.8. The quantitative estimate of drug-likeness (QED) is 0.602. The third kappa shape index (κ3) is 4.74. The van der Waals surface area contributed by atoms with Crippen molar-refractivity contribution >= 4 is 21.4 Å². The van der Waals surface area contributed by atoms with Crippen LogP contribution in [-0.2, 0) is 15.4 Å². The number of non-ortho nitro benzene ring substituents is 1. The number of nitrogens with one attached hydrogen (secondary N) is 1. The van der Waals surface area contributed by atoms with Crippen LogP contribution in [0.5, 0.6) is 0 Å². The van der Waals surface area contributed by atoms with Gasteiger partial charge in [-0.05, 0) is 23.8 Å². The van der Waals surface area contributed by atoms with E-state index in [2.05, 4.69) is 5.32 Å². The maximum Gasteiger partial charge on any atom is 0.272 e. The Morgan fingerprint density at radius 1 is 1.24 bits per heavy atom. The average molecular weight is 367 g/mol. The first-order chi connectivity index (χ1) is 11.5. The molecular weight excluding hydrogens is 349 g/mol. The number of hydrogen-bond donors (Lipinski definition) is 2. The first-order valence-corrected chi connectivity index (χ1v) is 8.86. The molecule has 0 saturated heterocycles. The Hall–Kier alpha value is -2.52. The lowest BCUT2D eigenvalue weighted by Gasteiger charge is -2.26. The Labute approximate surface area is 144 Å². The third-order valence-corrected chi connectivity index (χ3v) is 4.66. The highest BCUT2D eigenvalue weighted by atomic mass is 32.2. The molecule has 9 heteroatoms. The van der Waals surface area contributed by atoms with Gasteiger partial charge in [0.2, 0.25) is 10.0 Å². The minimum Gasteiger partial charge on any atom is -0.384 e. The van der Waals surface area contributed by atoms with Crippen molar-refractivity contribution in [2.75, 3.05) is 11.9 Å². The SMILES string of the molecule is CC(C)(CNc1cc([N+](=O)[O-])cc(S(N)(=O)=O)c1)c1cccc(F)c1. The number of nitrogens with two attached hydrogens (primary N) is 1. The van der Waals surface area contributed by atoms with Crippen LogP contribution in [0.1, 0.15) is 19.4 Å². The highest BCUT2D eigenvalue weighted by Crippen LogP contribution is 2.27. The second-order valence-corrected chi connectivity index (χ2v) is 7.83. The van der Waals surface area contributed by atoms with Gasteiger partial charge in [0, 0.05) is 29.8 Å². The van der Waals surface area contributed by atoms with Gasteiger partial charge in [0.1, 0.15) is 5.82 Å². The normalized spacial score (nSPS) is 12.0. The Bertz CT molecular complexity index is 913. The fourth-order valence-corrected chi connectivity index (χ4v) is 2.87. The smallest absolute Gasteiger partial charge is 0.272 e. The Kier molecular flexibility index (Phi) is 5.09. The predicted octanol–water partition coefficient (Wildman–Crippen LogP) is 2.77. The molecule has 0 radical (unpaired) electrons. The minimum atomic E-state index is -4.09. The fraction of sp³-hybridized carbons (Fsp3) is 0.250. The summed E-state index contributed by atoms with van der Waals surface area (Å²) in [5, 5.41) is 19.0. The van der Waals surface area contributed by atoms with Crippen LogP contribution in [0, 0.1) is 15.9 Å². The molecule has 0 heterocycles. The van der Waals surface area contributed by atoms with Crippen molar-refractivity contribution < 1.29 is 17.7 Å². The molecule has 3 N–H and O–H groups in total. The summed E-state index contributed by atoms with van der Waals surface area (Å²) in [6, 6.07) is 9.46. The van der Waals surface area contributed by atoms with Gasteiger partial charge in [0.25, 0.3) is 5.69 Å². The van der Waals surface area contributed by atoms with Crippen LogP contribution in [0.3, 0.4) is 0 Å². The number of anilines is 1. The molecule has 0 amide bonds. The number of hydrogen-bond acceptors (Lipinski definition) is 5. The Morgan fingerprint density at radius 2 is 1.92 bits per heavy atom. The van der Waals surface area contributed by atoms with Gasteiger partial charge in [-0.25, -0.2) is 17.9 Å². The van der Waals surface area contributed by atoms with E-state index in [4.69, 9.17) is 5.14 Å². The summed E-state index contributed by atoms with van der Waals surface area (Å²) in [7, 11) is -4.09. The van der Waals surface area contributed by atoms with E-state index >= 15 is 0 Å². The first kappa shape index (κ1) is 18.8. The molecule has 2 rings (SSSR count). The molecule has 0 fully saturated rings. The molecule has 0 aromatic heterocycles. The first-order valence-electron chi connectivity index (χ1n) is 7.31. The Balaban J connectivity index is 2.30. The molecule has 0 saturated carbocycles. The van der Waals surface area contributed by atoms with Crippen molar-refractivity contribution in [1.82, 2.24) is 0 Å². The number of sulfonamides is 1. The molecule has 2 aromatic rings. The van der Waals surface area contributed by atoms with Gasteiger partial charge >= 0.3 is 0 Å². The molecule has 0 aliphatic heterocycles. The second kappa shape index (κ2) is 6.77. The minimum absolute atomic E-state index is 0.239. The topological polar surface area (TPSA) is 115 Å². The molecule has 7 nitrogen and oxygen atoms in total. The van der Waals surface area contributed by atoms with Crippen molar-refractivity contribution in [2.45, 2.75) is 24.2 Å². The number of rotatable bonds is 6. The van der Waals surface area contributed by atoms with Crippen molar-refractivity contribution in [3.8, 4) is 0 Å². The summed E-state index contributed by atoms with van der Waals surface area (Å²) < 4.78 is 36.4.